The first-order valence-electron chi connectivity index (χ1n) is 9.26. The molecule has 0 aliphatic carbocycles. The molecule has 2 aromatic carbocycles. The number of hydrogen-bond donors (Lipinski definition) is 1. The van der Waals surface area contributed by atoms with Crippen LogP contribution in [0.4, 0.5) is 0 Å². The molecule has 144 valence electrons. The van der Waals surface area contributed by atoms with E-state index in [1.807, 2.05) is 74.5 Å². The van der Waals surface area contributed by atoms with Crippen LogP contribution in [0.1, 0.15) is 26.3 Å². The third-order valence-corrected chi connectivity index (χ3v) is 5.15. The van der Waals surface area contributed by atoms with E-state index in [0.29, 0.717) is 24.8 Å². The normalized spacial score (nSPS) is 11.9. The molecule has 0 spiro atoms. The summed E-state index contributed by atoms with van der Waals surface area (Å²) in [5, 5.41) is 2.94. The van der Waals surface area contributed by atoms with Crippen molar-refractivity contribution in [3.05, 3.63) is 66.2 Å². The minimum Gasteiger partial charge on any atom is -0.354 e. The van der Waals surface area contributed by atoms with Gasteiger partial charge in [-0.3, -0.25) is 9.59 Å². The maximum atomic E-state index is 12.9. The van der Waals surface area contributed by atoms with Gasteiger partial charge in [0, 0.05) is 18.0 Å². The van der Waals surface area contributed by atoms with Crippen molar-refractivity contribution in [3.63, 3.8) is 0 Å². The molecular weight excluding hydrogens is 356 g/mol. The highest BCUT2D eigenvalue weighted by Crippen LogP contribution is 2.19. The van der Waals surface area contributed by atoms with Gasteiger partial charge in [-0.05, 0) is 30.5 Å². The quantitative estimate of drug-likeness (QED) is 0.666. The van der Waals surface area contributed by atoms with Gasteiger partial charge in [0.2, 0.25) is 11.8 Å². The van der Waals surface area contributed by atoms with Crippen LogP contribution in [-0.2, 0) is 16.1 Å². The van der Waals surface area contributed by atoms with Crippen LogP contribution in [0.25, 0.3) is 0 Å². The molecule has 5 heteroatoms. The SMILES string of the molecule is CC(C)CNC(=O)[C@@H](C)N(Cc1ccccc1)C(=O)CSc1ccccc1. The molecule has 0 fully saturated rings. The third kappa shape index (κ3) is 7.10. The highest BCUT2D eigenvalue weighted by atomic mass is 32.2. The van der Waals surface area contributed by atoms with Crippen LogP contribution in [0.15, 0.2) is 65.6 Å². The van der Waals surface area contributed by atoms with Crippen LogP contribution in [0.5, 0.6) is 0 Å². The molecule has 27 heavy (non-hydrogen) atoms. The maximum absolute atomic E-state index is 12.9. The average Bonchev–Trinajstić information content (AvgIpc) is 2.69. The molecule has 0 heterocycles. The number of thioether (sulfide) groups is 1. The van der Waals surface area contributed by atoms with Gasteiger partial charge in [0.05, 0.1) is 5.75 Å². The second-order valence-corrected chi connectivity index (χ2v) is 7.97. The van der Waals surface area contributed by atoms with Gasteiger partial charge in [-0.1, -0.05) is 62.4 Å². The van der Waals surface area contributed by atoms with Crippen molar-refractivity contribution in [2.24, 2.45) is 5.92 Å². The van der Waals surface area contributed by atoms with Gasteiger partial charge in [0.1, 0.15) is 6.04 Å². The van der Waals surface area contributed by atoms with E-state index in [4.69, 9.17) is 0 Å². The summed E-state index contributed by atoms with van der Waals surface area (Å²) in [7, 11) is 0. The number of nitrogens with zero attached hydrogens (tertiary/aromatic N) is 1. The minimum absolute atomic E-state index is 0.0418. The molecule has 0 saturated carbocycles. The molecule has 0 aliphatic rings. The molecule has 2 rings (SSSR count). The number of rotatable bonds is 9. The average molecular weight is 385 g/mol. The van der Waals surface area contributed by atoms with Crippen molar-refractivity contribution in [1.29, 1.82) is 0 Å². The number of benzene rings is 2. The predicted molar refractivity (Wildman–Crippen MR) is 111 cm³/mol. The van der Waals surface area contributed by atoms with Gasteiger partial charge >= 0.3 is 0 Å². The van der Waals surface area contributed by atoms with E-state index in [9.17, 15) is 9.59 Å². The zero-order valence-electron chi connectivity index (χ0n) is 16.2. The second-order valence-electron chi connectivity index (χ2n) is 6.92. The van der Waals surface area contributed by atoms with Crippen molar-refractivity contribution in [2.45, 2.75) is 38.3 Å². The fraction of sp³-hybridized carbons (Fsp3) is 0.364. The Hall–Kier alpha value is -2.27. The number of carbonyl (C=O) groups is 2. The van der Waals surface area contributed by atoms with Gasteiger partial charge in [0.15, 0.2) is 0 Å². The topological polar surface area (TPSA) is 49.4 Å². The predicted octanol–water partition coefficient (Wildman–Crippen LogP) is 3.97. The maximum Gasteiger partial charge on any atom is 0.242 e. The van der Waals surface area contributed by atoms with Gasteiger partial charge in [0.25, 0.3) is 0 Å². The van der Waals surface area contributed by atoms with Crippen molar-refractivity contribution in [2.75, 3.05) is 12.3 Å². The van der Waals surface area contributed by atoms with Crippen molar-refractivity contribution in [3.8, 4) is 0 Å². The van der Waals surface area contributed by atoms with E-state index >= 15 is 0 Å². The zero-order chi connectivity index (χ0) is 19.6. The van der Waals surface area contributed by atoms with E-state index in [2.05, 4.69) is 5.32 Å². The van der Waals surface area contributed by atoms with Crippen LogP contribution in [0, 0.1) is 5.92 Å². The first kappa shape index (κ1) is 21.0. The number of nitrogens with one attached hydrogen (secondary N) is 1. The van der Waals surface area contributed by atoms with Crippen molar-refractivity contribution >= 4 is 23.6 Å². The Morgan fingerprint density at radius 3 is 2.15 bits per heavy atom. The molecule has 0 aromatic heterocycles. The Morgan fingerprint density at radius 2 is 1.56 bits per heavy atom. The number of hydrogen-bond acceptors (Lipinski definition) is 3. The fourth-order valence-electron chi connectivity index (χ4n) is 2.56. The summed E-state index contributed by atoms with van der Waals surface area (Å²) in [6, 6.07) is 19.1. The number of carbonyl (C=O) groups excluding carboxylic acids is 2. The molecule has 4 nitrogen and oxygen atoms in total. The molecule has 2 aromatic rings. The lowest BCUT2D eigenvalue weighted by Crippen LogP contribution is -2.48. The molecule has 0 bridgehead atoms. The minimum atomic E-state index is -0.521. The van der Waals surface area contributed by atoms with Crippen LogP contribution in [0.3, 0.4) is 0 Å². The monoisotopic (exact) mass is 384 g/mol. The Morgan fingerprint density at radius 1 is 0.963 bits per heavy atom. The first-order chi connectivity index (χ1) is 13.0. The zero-order valence-corrected chi connectivity index (χ0v) is 17.0. The van der Waals surface area contributed by atoms with E-state index in [-0.39, 0.29) is 11.8 Å². The summed E-state index contributed by atoms with van der Waals surface area (Å²) in [6.45, 7) is 6.92. The molecule has 0 radical (unpaired) electrons. The Kier molecular flexibility index (Phi) is 8.40. The van der Waals surface area contributed by atoms with E-state index < -0.39 is 6.04 Å². The van der Waals surface area contributed by atoms with Gasteiger partial charge in [-0.2, -0.15) is 0 Å². The largest absolute Gasteiger partial charge is 0.354 e. The lowest BCUT2D eigenvalue weighted by molar-refractivity contribution is -0.138. The molecular formula is C22H28N2O2S. The number of amides is 2. The third-order valence-electron chi connectivity index (χ3n) is 4.15. The van der Waals surface area contributed by atoms with Crippen LogP contribution in [0.2, 0.25) is 0 Å². The summed E-state index contributed by atoms with van der Waals surface area (Å²) in [6.07, 6.45) is 0. The fourth-order valence-corrected chi connectivity index (χ4v) is 3.37. The van der Waals surface area contributed by atoms with E-state index in [0.717, 1.165) is 10.5 Å². The van der Waals surface area contributed by atoms with Gasteiger partial charge in [-0.25, -0.2) is 0 Å². The smallest absolute Gasteiger partial charge is 0.242 e. The second kappa shape index (κ2) is 10.8. The summed E-state index contributed by atoms with van der Waals surface area (Å²) in [5.74, 6) is 0.518. The molecule has 0 saturated heterocycles. The van der Waals surface area contributed by atoms with E-state index in [1.165, 1.54) is 11.8 Å². The molecule has 1 atom stereocenters. The van der Waals surface area contributed by atoms with Crippen molar-refractivity contribution in [1.82, 2.24) is 10.2 Å². The van der Waals surface area contributed by atoms with Gasteiger partial charge < -0.3 is 10.2 Å². The van der Waals surface area contributed by atoms with Crippen molar-refractivity contribution < 1.29 is 9.59 Å². The van der Waals surface area contributed by atoms with Gasteiger partial charge in [-0.15, -0.1) is 11.8 Å². The standard InChI is InChI=1S/C22H28N2O2S/c1-17(2)14-23-22(26)18(3)24(15-19-10-6-4-7-11-19)21(25)16-27-20-12-8-5-9-13-20/h4-13,17-18H,14-16H2,1-3H3,(H,23,26)/t18-/m1/s1. The van der Waals surface area contributed by atoms with Crippen LogP contribution in [-0.4, -0.2) is 35.1 Å². The molecule has 2 amide bonds. The summed E-state index contributed by atoms with van der Waals surface area (Å²) < 4.78 is 0. The van der Waals surface area contributed by atoms with Crippen LogP contribution < -0.4 is 5.32 Å². The molecule has 0 unspecified atom stereocenters. The highest BCUT2D eigenvalue weighted by molar-refractivity contribution is 8.00. The highest BCUT2D eigenvalue weighted by Gasteiger charge is 2.26. The summed E-state index contributed by atoms with van der Waals surface area (Å²) >= 11 is 1.49. The molecule has 0 aliphatic heterocycles. The Labute approximate surface area is 166 Å². The lowest BCUT2D eigenvalue weighted by atomic mass is 10.1. The Balaban J connectivity index is 2.07. The summed E-state index contributed by atoms with van der Waals surface area (Å²) in [5.41, 5.74) is 1.01. The summed E-state index contributed by atoms with van der Waals surface area (Å²) in [4.78, 5) is 28.2. The van der Waals surface area contributed by atoms with E-state index in [1.54, 1.807) is 11.8 Å². The molecule has 1 N–H and O–H groups in total. The lowest BCUT2D eigenvalue weighted by Gasteiger charge is -2.29. The van der Waals surface area contributed by atoms with Crippen LogP contribution >= 0.6 is 11.8 Å². The first-order valence-corrected chi connectivity index (χ1v) is 10.2. The Bertz CT molecular complexity index is 720.